The van der Waals surface area contributed by atoms with Crippen LogP contribution in [-0.2, 0) is 0 Å². The topological polar surface area (TPSA) is 193 Å². The lowest BCUT2D eigenvalue weighted by molar-refractivity contribution is -0.383. The summed E-state index contributed by atoms with van der Waals surface area (Å²) < 4.78 is 4.66. The van der Waals surface area contributed by atoms with Gasteiger partial charge in [0.15, 0.2) is 17.0 Å². The molecule has 0 unspecified atom stereocenters. The van der Waals surface area contributed by atoms with E-state index in [0.717, 1.165) is 6.07 Å². The molecule has 0 saturated heterocycles. The number of benzene rings is 3. The van der Waals surface area contributed by atoms with Crippen molar-refractivity contribution < 1.29 is 29.4 Å². The standard InChI is InChI=1S/C22H18N6O7/c29-17-8-5-12(11-18(17)30)21(31)23-9-10-24-22(32)13-3-1-2-4-14(13)25-15-6-7-16(28(33)34)20-19(15)26-35-27-20/h1-8,11,25,29-30H,9-10H2,(H,23,31)(H,24,32). The van der Waals surface area contributed by atoms with Crippen molar-refractivity contribution in [2.24, 2.45) is 0 Å². The number of nitro groups is 1. The number of nitrogens with zero attached hydrogens (tertiary/aromatic N) is 3. The molecule has 178 valence electrons. The van der Waals surface area contributed by atoms with Crippen LogP contribution in [0.25, 0.3) is 11.0 Å². The fourth-order valence-electron chi connectivity index (χ4n) is 3.25. The average Bonchev–Trinajstić information content (AvgIpc) is 3.34. The molecule has 1 heterocycles. The molecule has 35 heavy (non-hydrogen) atoms. The van der Waals surface area contributed by atoms with Gasteiger partial charge in [-0.25, -0.2) is 4.63 Å². The summed E-state index contributed by atoms with van der Waals surface area (Å²) in [5.74, 6) is -1.67. The Balaban J connectivity index is 1.40. The highest BCUT2D eigenvalue weighted by Crippen LogP contribution is 2.31. The van der Waals surface area contributed by atoms with Crippen LogP contribution in [0.2, 0.25) is 0 Å². The molecule has 0 aliphatic heterocycles. The van der Waals surface area contributed by atoms with E-state index in [0.29, 0.717) is 11.4 Å². The average molecular weight is 478 g/mol. The first-order chi connectivity index (χ1) is 16.8. The number of anilines is 2. The van der Waals surface area contributed by atoms with E-state index in [1.165, 1.54) is 24.3 Å². The van der Waals surface area contributed by atoms with E-state index >= 15 is 0 Å². The number of carbonyl (C=O) groups excluding carboxylic acids is 2. The van der Waals surface area contributed by atoms with Crippen LogP contribution in [0.15, 0.2) is 59.2 Å². The van der Waals surface area contributed by atoms with Crippen LogP contribution in [0.3, 0.4) is 0 Å². The molecule has 0 spiro atoms. The Morgan fingerprint density at radius 1 is 0.886 bits per heavy atom. The minimum absolute atomic E-state index is 0.0281. The van der Waals surface area contributed by atoms with Gasteiger partial charge in [0.05, 0.1) is 21.9 Å². The van der Waals surface area contributed by atoms with E-state index in [2.05, 4.69) is 30.9 Å². The van der Waals surface area contributed by atoms with Gasteiger partial charge in [-0.05, 0) is 46.7 Å². The lowest BCUT2D eigenvalue weighted by atomic mass is 10.1. The molecular weight excluding hydrogens is 460 g/mol. The predicted molar refractivity (Wildman–Crippen MR) is 123 cm³/mol. The number of aromatic hydroxyl groups is 2. The molecule has 13 nitrogen and oxygen atoms in total. The Morgan fingerprint density at radius 2 is 1.60 bits per heavy atom. The molecular formula is C22H18N6O7. The van der Waals surface area contributed by atoms with E-state index in [1.807, 2.05) is 0 Å². The summed E-state index contributed by atoms with van der Waals surface area (Å²) in [5.41, 5.74) is 1.05. The van der Waals surface area contributed by atoms with Crippen molar-refractivity contribution in [3.8, 4) is 11.5 Å². The number of para-hydroxylation sites is 1. The second-order valence-corrected chi connectivity index (χ2v) is 7.24. The van der Waals surface area contributed by atoms with E-state index < -0.39 is 22.5 Å². The number of phenolic OH excluding ortho intramolecular Hbond substituents is 2. The number of phenols is 2. The Kier molecular flexibility index (Phi) is 6.39. The summed E-state index contributed by atoms with van der Waals surface area (Å²) in [4.78, 5) is 35.5. The molecule has 0 aliphatic rings. The third-order valence-electron chi connectivity index (χ3n) is 4.97. The van der Waals surface area contributed by atoms with Gasteiger partial charge in [0.25, 0.3) is 11.8 Å². The first-order valence-corrected chi connectivity index (χ1v) is 10.2. The van der Waals surface area contributed by atoms with Gasteiger partial charge in [-0.3, -0.25) is 19.7 Å². The van der Waals surface area contributed by atoms with Crippen LogP contribution < -0.4 is 16.0 Å². The van der Waals surface area contributed by atoms with Crippen molar-refractivity contribution in [3.63, 3.8) is 0 Å². The molecule has 1 aromatic heterocycles. The lowest BCUT2D eigenvalue weighted by Crippen LogP contribution is -2.34. The highest BCUT2D eigenvalue weighted by atomic mass is 16.6. The fraction of sp³-hybridized carbons (Fsp3) is 0.0909. The maximum absolute atomic E-state index is 12.7. The minimum Gasteiger partial charge on any atom is -0.504 e. The molecule has 0 aliphatic carbocycles. The van der Waals surface area contributed by atoms with Crippen molar-refractivity contribution in [1.82, 2.24) is 20.9 Å². The molecule has 4 rings (SSSR count). The van der Waals surface area contributed by atoms with Crippen molar-refractivity contribution in [3.05, 3.63) is 75.8 Å². The second kappa shape index (κ2) is 9.74. The zero-order valence-corrected chi connectivity index (χ0v) is 17.9. The number of fused-ring (bicyclic) bond motifs is 1. The third-order valence-corrected chi connectivity index (χ3v) is 4.97. The van der Waals surface area contributed by atoms with Crippen molar-refractivity contribution >= 4 is 39.9 Å². The number of nitro benzene ring substituents is 1. The monoisotopic (exact) mass is 478 g/mol. The maximum Gasteiger partial charge on any atom is 0.300 e. The summed E-state index contributed by atoms with van der Waals surface area (Å²) in [7, 11) is 0. The fourth-order valence-corrected chi connectivity index (χ4v) is 3.25. The number of hydrogen-bond donors (Lipinski definition) is 5. The zero-order valence-electron chi connectivity index (χ0n) is 17.9. The van der Waals surface area contributed by atoms with Gasteiger partial charge in [0.2, 0.25) is 5.52 Å². The molecule has 0 radical (unpaired) electrons. The molecule has 3 aromatic carbocycles. The Hall–Kier alpha value is -5.20. The number of amides is 2. The van der Waals surface area contributed by atoms with Gasteiger partial charge in [0.1, 0.15) is 0 Å². The Morgan fingerprint density at radius 3 is 2.34 bits per heavy atom. The summed E-state index contributed by atoms with van der Waals surface area (Å²) in [6.45, 7) is 0.216. The first-order valence-electron chi connectivity index (χ1n) is 10.2. The van der Waals surface area contributed by atoms with Crippen molar-refractivity contribution in [1.29, 1.82) is 0 Å². The number of rotatable bonds is 8. The molecule has 2 amide bonds. The Labute approximate surface area is 196 Å². The SMILES string of the molecule is O=C(NCCNC(=O)c1ccccc1Nc1ccc([N+](=O)[O-])c2nonc12)c1ccc(O)c(O)c1. The summed E-state index contributed by atoms with van der Waals surface area (Å²) >= 11 is 0. The van der Waals surface area contributed by atoms with Gasteiger partial charge in [-0.1, -0.05) is 12.1 Å². The van der Waals surface area contributed by atoms with E-state index in [4.69, 9.17) is 0 Å². The molecule has 0 fully saturated rings. The predicted octanol–water partition coefficient (Wildman–Crippen LogP) is 2.45. The highest BCUT2D eigenvalue weighted by molar-refractivity contribution is 6.02. The van der Waals surface area contributed by atoms with Gasteiger partial charge in [-0.2, -0.15) is 0 Å². The molecule has 4 aromatic rings. The first kappa shape index (κ1) is 23.0. The number of non-ortho nitro benzene ring substituents is 1. The molecule has 5 N–H and O–H groups in total. The van der Waals surface area contributed by atoms with Gasteiger partial charge in [0, 0.05) is 24.7 Å². The van der Waals surface area contributed by atoms with E-state index in [9.17, 15) is 29.9 Å². The summed E-state index contributed by atoms with van der Waals surface area (Å²) in [6.07, 6.45) is 0. The second-order valence-electron chi connectivity index (χ2n) is 7.24. The number of nitrogens with one attached hydrogen (secondary N) is 3. The summed E-state index contributed by atoms with van der Waals surface area (Å²) in [6, 6.07) is 13.0. The Bertz CT molecular complexity index is 1440. The number of hydrogen-bond acceptors (Lipinski definition) is 10. The van der Waals surface area contributed by atoms with Crippen LogP contribution in [0, 0.1) is 10.1 Å². The normalized spacial score (nSPS) is 10.6. The van der Waals surface area contributed by atoms with Gasteiger partial charge >= 0.3 is 5.69 Å². The van der Waals surface area contributed by atoms with E-state index in [1.54, 1.807) is 24.3 Å². The minimum atomic E-state index is -0.596. The molecule has 13 heteroatoms. The third kappa shape index (κ3) is 4.93. The molecule has 0 atom stereocenters. The van der Waals surface area contributed by atoms with E-state index in [-0.39, 0.29) is 46.7 Å². The van der Waals surface area contributed by atoms with Crippen LogP contribution in [-0.4, -0.2) is 50.4 Å². The zero-order chi connectivity index (χ0) is 24.9. The highest BCUT2D eigenvalue weighted by Gasteiger charge is 2.20. The quantitative estimate of drug-likeness (QED) is 0.109. The molecule has 0 bridgehead atoms. The van der Waals surface area contributed by atoms with Crippen LogP contribution in [0.4, 0.5) is 17.1 Å². The number of carbonyl (C=O) groups is 2. The van der Waals surface area contributed by atoms with Crippen molar-refractivity contribution in [2.45, 2.75) is 0 Å². The summed E-state index contributed by atoms with van der Waals surface area (Å²) in [5, 5.41) is 45.6. The molecule has 0 saturated carbocycles. The van der Waals surface area contributed by atoms with Crippen molar-refractivity contribution in [2.75, 3.05) is 18.4 Å². The maximum atomic E-state index is 12.7. The van der Waals surface area contributed by atoms with Crippen LogP contribution >= 0.6 is 0 Å². The largest absolute Gasteiger partial charge is 0.504 e. The lowest BCUT2D eigenvalue weighted by Gasteiger charge is -2.13. The van der Waals surface area contributed by atoms with Gasteiger partial charge in [-0.15, -0.1) is 0 Å². The smallest absolute Gasteiger partial charge is 0.300 e. The van der Waals surface area contributed by atoms with Gasteiger partial charge < -0.3 is 26.2 Å². The van der Waals surface area contributed by atoms with Crippen LogP contribution in [0.5, 0.6) is 11.5 Å². The van der Waals surface area contributed by atoms with Crippen LogP contribution in [0.1, 0.15) is 20.7 Å². The number of aromatic nitrogens is 2.